The van der Waals surface area contributed by atoms with Gasteiger partial charge in [0.05, 0.1) is 12.2 Å². The standard InChI is InChI=1S/C23H32FNO2.CH2O2/c1-2-5-16-6-7-17(12-16)15-27-22-14-21(24)20(13-19(22)18-8-9-18)23(26)25-10-3-4-11-25;2-1-3/h13-14,16-18H,2-12,15H2,1H3;1H,(H,2,3). The molecule has 1 aromatic rings. The fourth-order valence-corrected chi connectivity index (χ4v) is 4.87. The predicted molar refractivity (Wildman–Crippen MR) is 113 cm³/mol. The van der Waals surface area contributed by atoms with Crippen LogP contribution in [0.1, 0.15) is 86.6 Å². The number of benzene rings is 1. The van der Waals surface area contributed by atoms with Gasteiger partial charge in [-0.25, -0.2) is 4.39 Å². The van der Waals surface area contributed by atoms with E-state index < -0.39 is 5.82 Å². The van der Waals surface area contributed by atoms with Crippen molar-refractivity contribution < 1.29 is 23.8 Å². The highest BCUT2D eigenvalue weighted by molar-refractivity contribution is 5.95. The van der Waals surface area contributed by atoms with Crippen LogP contribution in [0, 0.1) is 17.7 Å². The molecule has 0 spiro atoms. The molecule has 1 N–H and O–H groups in total. The zero-order chi connectivity index (χ0) is 21.5. The summed E-state index contributed by atoms with van der Waals surface area (Å²) in [5.74, 6) is 1.94. The molecule has 1 heterocycles. The van der Waals surface area contributed by atoms with E-state index >= 15 is 0 Å². The summed E-state index contributed by atoms with van der Waals surface area (Å²) >= 11 is 0. The summed E-state index contributed by atoms with van der Waals surface area (Å²) in [6, 6.07) is 3.27. The second-order valence-corrected chi connectivity index (χ2v) is 8.89. The number of ether oxygens (including phenoxy) is 1. The molecule has 30 heavy (non-hydrogen) atoms. The molecule has 1 saturated heterocycles. The minimum Gasteiger partial charge on any atom is -0.493 e. The van der Waals surface area contributed by atoms with Crippen molar-refractivity contribution in [1.82, 2.24) is 4.90 Å². The molecule has 4 rings (SSSR count). The Morgan fingerprint density at radius 1 is 1.20 bits per heavy atom. The van der Waals surface area contributed by atoms with Crippen molar-refractivity contribution >= 4 is 12.4 Å². The largest absolute Gasteiger partial charge is 0.493 e. The van der Waals surface area contributed by atoms with Gasteiger partial charge in [0.25, 0.3) is 12.4 Å². The Balaban J connectivity index is 0.000000806. The van der Waals surface area contributed by atoms with Crippen LogP contribution in [-0.4, -0.2) is 42.1 Å². The fraction of sp³-hybridized carbons (Fsp3) is 0.667. The molecular weight excluding hydrogens is 385 g/mol. The second-order valence-electron chi connectivity index (χ2n) is 8.89. The average molecular weight is 420 g/mol. The van der Waals surface area contributed by atoms with Crippen molar-refractivity contribution in [3.8, 4) is 5.75 Å². The number of carbonyl (C=O) groups is 2. The molecular formula is C24H34FNO4. The van der Waals surface area contributed by atoms with Crippen LogP contribution in [0.4, 0.5) is 4.39 Å². The SMILES string of the molecule is CCCC1CCC(COc2cc(F)c(C(=O)N3CCCC3)cc2C2CC2)C1.O=CO. The van der Waals surface area contributed by atoms with Crippen LogP contribution in [0.3, 0.4) is 0 Å². The third-order valence-electron chi connectivity index (χ3n) is 6.56. The van der Waals surface area contributed by atoms with E-state index in [0.717, 1.165) is 50.3 Å². The van der Waals surface area contributed by atoms with E-state index in [9.17, 15) is 9.18 Å². The van der Waals surface area contributed by atoms with Crippen LogP contribution in [0.2, 0.25) is 0 Å². The summed E-state index contributed by atoms with van der Waals surface area (Å²) in [5.41, 5.74) is 1.28. The monoisotopic (exact) mass is 419 g/mol. The molecule has 5 nitrogen and oxygen atoms in total. The third kappa shape index (κ3) is 5.73. The smallest absolute Gasteiger partial charge is 0.290 e. The lowest BCUT2D eigenvalue weighted by atomic mass is 10.0. The number of carbonyl (C=O) groups excluding carboxylic acids is 1. The Morgan fingerprint density at radius 2 is 1.87 bits per heavy atom. The van der Waals surface area contributed by atoms with Gasteiger partial charge in [-0.3, -0.25) is 9.59 Å². The first-order valence-corrected chi connectivity index (χ1v) is 11.4. The highest BCUT2D eigenvalue weighted by Crippen LogP contribution is 2.45. The molecule has 1 aromatic carbocycles. The van der Waals surface area contributed by atoms with Gasteiger partial charge in [0.1, 0.15) is 11.6 Å². The average Bonchev–Trinajstić information content (AvgIpc) is 3.23. The molecule has 0 aromatic heterocycles. The van der Waals surface area contributed by atoms with Crippen LogP contribution in [0.5, 0.6) is 5.75 Å². The van der Waals surface area contributed by atoms with Crippen molar-refractivity contribution in [2.45, 2.75) is 70.6 Å². The molecule has 1 amide bonds. The molecule has 2 saturated carbocycles. The zero-order valence-corrected chi connectivity index (χ0v) is 17.9. The topological polar surface area (TPSA) is 66.8 Å². The van der Waals surface area contributed by atoms with Gasteiger partial charge in [-0.1, -0.05) is 26.2 Å². The molecule has 0 radical (unpaired) electrons. The van der Waals surface area contributed by atoms with Crippen molar-refractivity contribution in [1.29, 1.82) is 0 Å². The number of likely N-dealkylation sites (tertiary alicyclic amines) is 1. The highest BCUT2D eigenvalue weighted by atomic mass is 19.1. The van der Waals surface area contributed by atoms with Crippen molar-refractivity contribution in [3.05, 3.63) is 29.1 Å². The van der Waals surface area contributed by atoms with Crippen molar-refractivity contribution in [2.24, 2.45) is 11.8 Å². The van der Waals surface area contributed by atoms with Gasteiger partial charge in [-0.2, -0.15) is 0 Å². The van der Waals surface area contributed by atoms with Crippen LogP contribution in [-0.2, 0) is 4.79 Å². The molecule has 3 aliphatic rings. The van der Waals surface area contributed by atoms with Gasteiger partial charge in [-0.15, -0.1) is 0 Å². The van der Waals surface area contributed by atoms with Crippen LogP contribution in [0.15, 0.2) is 12.1 Å². The normalized spacial score (nSPS) is 23.1. The van der Waals surface area contributed by atoms with E-state index in [0.29, 0.717) is 24.2 Å². The lowest BCUT2D eigenvalue weighted by Gasteiger charge is -2.19. The highest BCUT2D eigenvalue weighted by Gasteiger charge is 2.32. The molecule has 2 aliphatic carbocycles. The molecule has 0 bridgehead atoms. The van der Waals surface area contributed by atoms with Gasteiger partial charge in [0.15, 0.2) is 0 Å². The fourth-order valence-electron chi connectivity index (χ4n) is 4.87. The summed E-state index contributed by atoms with van der Waals surface area (Å²) in [6.45, 7) is 4.17. The van der Waals surface area contributed by atoms with Crippen molar-refractivity contribution in [3.63, 3.8) is 0 Å². The van der Waals surface area contributed by atoms with Gasteiger partial charge in [0, 0.05) is 19.2 Å². The van der Waals surface area contributed by atoms with E-state index in [2.05, 4.69) is 6.92 Å². The van der Waals surface area contributed by atoms with E-state index in [-0.39, 0.29) is 17.9 Å². The second kappa shape index (κ2) is 10.8. The number of rotatable bonds is 7. The Morgan fingerprint density at radius 3 is 2.50 bits per heavy atom. The first-order valence-electron chi connectivity index (χ1n) is 11.4. The Kier molecular flexibility index (Phi) is 8.11. The predicted octanol–water partition coefficient (Wildman–Crippen LogP) is 5.24. The summed E-state index contributed by atoms with van der Waals surface area (Å²) in [6.07, 6.45) is 10.6. The minimum atomic E-state index is -0.429. The molecule has 6 heteroatoms. The molecule has 2 atom stereocenters. The lowest BCUT2D eigenvalue weighted by Crippen LogP contribution is -2.28. The summed E-state index contributed by atoms with van der Waals surface area (Å²) in [4.78, 5) is 22.8. The summed E-state index contributed by atoms with van der Waals surface area (Å²) in [7, 11) is 0. The maximum atomic E-state index is 14.8. The quantitative estimate of drug-likeness (QED) is 0.614. The number of carboxylic acid groups (broad SMARTS) is 1. The molecule has 3 fully saturated rings. The van der Waals surface area contributed by atoms with Gasteiger partial charge in [-0.05, 0) is 67.9 Å². The lowest BCUT2D eigenvalue weighted by molar-refractivity contribution is -0.122. The molecule has 1 aliphatic heterocycles. The van der Waals surface area contributed by atoms with Crippen LogP contribution in [0.25, 0.3) is 0 Å². The number of hydrogen-bond donors (Lipinski definition) is 1. The van der Waals surface area contributed by atoms with E-state index in [1.807, 2.05) is 0 Å². The van der Waals surface area contributed by atoms with E-state index in [4.69, 9.17) is 14.6 Å². The van der Waals surface area contributed by atoms with Crippen molar-refractivity contribution in [2.75, 3.05) is 19.7 Å². The minimum absolute atomic E-state index is 0.156. The first-order chi connectivity index (χ1) is 14.6. The summed E-state index contributed by atoms with van der Waals surface area (Å²) < 4.78 is 20.9. The Bertz CT molecular complexity index is 728. The molecule has 2 unspecified atom stereocenters. The third-order valence-corrected chi connectivity index (χ3v) is 6.56. The number of halogens is 1. The number of hydrogen-bond acceptors (Lipinski definition) is 3. The van der Waals surface area contributed by atoms with Crippen LogP contribution >= 0.6 is 0 Å². The van der Waals surface area contributed by atoms with Gasteiger partial charge >= 0.3 is 0 Å². The number of nitrogens with zero attached hydrogens (tertiary/aromatic N) is 1. The Labute approximate surface area is 178 Å². The maximum absolute atomic E-state index is 14.8. The van der Waals surface area contributed by atoms with Crippen LogP contribution < -0.4 is 4.74 Å². The maximum Gasteiger partial charge on any atom is 0.290 e. The van der Waals surface area contributed by atoms with Gasteiger partial charge in [0.2, 0.25) is 0 Å². The zero-order valence-electron chi connectivity index (χ0n) is 17.9. The Hall–Kier alpha value is -2.11. The van der Waals surface area contributed by atoms with Gasteiger partial charge < -0.3 is 14.7 Å². The summed E-state index contributed by atoms with van der Waals surface area (Å²) in [5, 5.41) is 6.89. The number of amides is 1. The van der Waals surface area contributed by atoms with E-state index in [1.54, 1.807) is 11.0 Å². The molecule has 166 valence electrons. The van der Waals surface area contributed by atoms with E-state index in [1.165, 1.54) is 38.2 Å². The first kappa shape index (κ1) is 22.6.